The molecule has 2 unspecified atom stereocenters. The van der Waals surface area contributed by atoms with Crippen LogP contribution >= 0.6 is 0 Å². The lowest BCUT2D eigenvalue weighted by molar-refractivity contribution is -0.122. The number of hydrogen-bond donors (Lipinski definition) is 3. The molecule has 1 heterocycles. The minimum Gasteiger partial charge on any atom is -0.352 e. The highest BCUT2D eigenvalue weighted by atomic mass is 16.2. The lowest BCUT2D eigenvalue weighted by atomic mass is 9.85. The smallest absolute Gasteiger partial charge is 0.227 e. The summed E-state index contributed by atoms with van der Waals surface area (Å²) in [6.07, 6.45) is 7.29. The number of nitrogens with one attached hydrogen (secondary N) is 3. The van der Waals surface area contributed by atoms with Gasteiger partial charge in [-0.2, -0.15) is 0 Å². The van der Waals surface area contributed by atoms with E-state index < -0.39 is 0 Å². The van der Waals surface area contributed by atoms with Crippen LogP contribution in [0, 0.1) is 17.8 Å². The molecule has 1 aliphatic heterocycles. The number of benzene rings is 1. The highest BCUT2D eigenvalue weighted by Gasteiger charge is 2.23. The summed E-state index contributed by atoms with van der Waals surface area (Å²) < 4.78 is 0. The molecule has 1 aromatic carbocycles. The predicted octanol–water partition coefficient (Wildman–Crippen LogP) is 3.46. The minimum absolute atomic E-state index is 0.105. The Kier molecular flexibility index (Phi) is 7.27. The summed E-state index contributed by atoms with van der Waals surface area (Å²) in [4.78, 5) is 24.6. The third-order valence-corrected chi connectivity index (χ3v) is 6.06. The summed E-state index contributed by atoms with van der Waals surface area (Å²) in [5, 5.41) is 9.48. The highest BCUT2D eigenvalue weighted by Crippen LogP contribution is 2.26. The van der Waals surface area contributed by atoms with Gasteiger partial charge in [0.1, 0.15) is 0 Å². The predicted molar refractivity (Wildman–Crippen MR) is 108 cm³/mol. The molecule has 5 heteroatoms. The lowest BCUT2D eigenvalue weighted by Crippen LogP contribution is -2.35. The van der Waals surface area contributed by atoms with E-state index in [1.54, 1.807) is 0 Å². The van der Waals surface area contributed by atoms with Gasteiger partial charge >= 0.3 is 0 Å². The molecule has 2 amide bonds. The molecular weight excluding hydrogens is 338 g/mol. The van der Waals surface area contributed by atoms with Gasteiger partial charge in [-0.1, -0.05) is 31.9 Å². The Labute approximate surface area is 162 Å². The van der Waals surface area contributed by atoms with Crippen LogP contribution in [0.15, 0.2) is 24.3 Å². The van der Waals surface area contributed by atoms with Crippen molar-refractivity contribution in [2.45, 2.75) is 58.4 Å². The molecule has 2 atom stereocenters. The number of carbonyl (C=O) groups excluding carboxylic acids is 2. The summed E-state index contributed by atoms with van der Waals surface area (Å²) in [5.41, 5.74) is 1.83. The van der Waals surface area contributed by atoms with Gasteiger partial charge in [0.25, 0.3) is 0 Å². The summed E-state index contributed by atoms with van der Waals surface area (Å²) in [5.74, 6) is 1.38. The molecule has 0 aromatic heterocycles. The van der Waals surface area contributed by atoms with E-state index in [1.165, 1.54) is 12.8 Å². The van der Waals surface area contributed by atoms with Gasteiger partial charge in [-0.3, -0.25) is 9.59 Å². The molecule has 27 heavy (non-hydrogen) atoms. The molecular formula is C22H33N3O2. The van der Waals surface area contributed by atoms with Gasteiger partial charge in [0.05, 0.1) is 0 Å². The SMILES string of the molecule is CC(CC(=O)NCc1cccc(NC(=O)C2CCCC2)c1)C1CCCNC1. The zero-order valence-corrected chi connectivity index (χ0v) is 16.4. The van der Waals surface area contributed by atoms with E-state index in [2.05, 4.69) is 22.9 Å². The number of amides is 2. The molecule has 1 saturated carbocycles. The van der Waals surface area contributed by atoms with Crippen molar-refractivity contribution >= 4 is 17.5 Å². The number of carbonyl (C=O) groups is 2. The molecule has 0 bridgehead atoms. The van der Waals surface area contributed by atoms with Crippen LogP contribution in [-0.4, -0.2) is 24.9 Å². The van der Waals surface area contributed by atoms with Crippen LogP contribution in [0.3, 0.4) is 0 Å². The van der Waals surface area contributed by atoms with E-state index in [0.29, 0.717) is 24.8 Å². The fourth-order valence-electron chi connectivity index (χ4n) is 4.29. The Balaban J connectivity index is 1.44. The standard InChI is InChI=1S/C22H33N3O2/c1-16(19-9-5-11-23-15-19)12-21(26)24-14-17-6-4-10-20(13-17)25-22(27)18-7-2-3-8-18/h4,6,10,13,16,18-19,23H,2-3,5,7-9,11-12,14-15H2,1H3,(H,24,26)(H,25,27). The lowest BCUT2D eigenvalue weighted by Gasteiger charge is -2.28. The van der Waals surface area contributed by atoms with Crippen molar-refractivity contribution in [3.63, 3.8) is 0 Å². The van der Waals surface area contributed by atoms with Crippen molar-refractivity contribution in [3.8, 4) is 0 Å². The second kappa shape index (κ2) is 9.88. The Hall–Kier alpha value is -1.88. The van der Waals surface area contributed by atoms with Crippen LogP contribution in [0.25, 0.3) is 0 Å². The van der Waals surface area contributed by atoms with E-state index in [9.17, 15) is 9.59 Å². The van der Waals surface area contributed by atoms with E-state index in [1.807, 2.05) is 24.3 Å². The third-order valence-electron chi connectivity index (χ3n) is 6.06. The van der Waals surface area contributed by atoms with Crippen molar-refractivity contribution in [1.29, 1.82) is 0 Å². The fourth-order valence-corrected chi connectivity index (χ4v) is 4.29. The molecule has 1 aromatic rings. The average Bonchev–Trinajstić information content (AvgIpc) is 3.22. The molecule has 5 nitrogen and oxygen atoms in total. The highest BCUT2D eigenvalue weighted by molar-refractivity contribution is 5.92. The summed E-state index contributed by atoms with van der Waals surface area (Å²) in [6.45, 7) is 4.80. The maximum absolute atomic E-state index is 12.3. The Bertz CT molecular complexity index is 634. The molecule has 0 spiro atoms. The quantitative estimate of drug-likeness (QED) is 0.687. The van der Waals surface area contributed by atoms with Crippen molar-refractivity contribution < 1.29 is 9.59 Å². The maximum atomic E-state index is 12.3. The summed E-state index contributed by atoms with van der Waals surface area (Å²) in [7, 11) is 0. The van der Waals surface area contributed by atoms with Gasteiger partial charge in [0, 0.05) is 24.6 Å². The van der Waals surface area contributed by atoms with Crippen molar-refractivity contribution in [3.05, 3.63) is 29.8 Å². The minimum atomic E-state index is 0.105. The van der Waals surface area contributed by atoms with Gasteiger partial charge in [-0.15, -0.1) is 0 Å². The monoisotopic (exact) mass is 371 g/mol. The second-order valence-electron chi connectivity index (χ2n) is 8.24. The van der Waals surface area contributed by atoms with Crippen LogP contribution < -0.4 is 16.0 Å². The van der Waals surface area contributed by atoms with Gasteiger partial charge in [0.2, 0.25) is 11.8 Å². The molecule has 1 aliphatic carbocycles. The molecule has 148 valence electrons. The first-order chi connectivity index (χ1) is 13.1. The Morgan fingerprint density at radius 3 is 2.74 bits per heavy atom. The zero-order chi connectivity index (χ0) is 19.1. The number of rotatable bonds is 7. The molecule has 2 fully saturated rings. The van der Waals surface area contributed by atoms with Crippen molar-refractivity contribution in [1.82, 2.24) is 10.6 Å². The second-order valence-corrected chi connectivity index (χ2v) is 8.24. The Morgan fingerprint density at radius 2 is 2.00 bits per heavy atom. The third kappa shape index (κ3) is 6.06. The topological polar surface area (TPSA) is 70.2 Å². The first kappa shape index (κ1) is 19.9. The molecule has 2 aliphatic rings. The van der Waals surface area contributed by atoms with Crippen LogP contribution in [0.1, 0.15) is 57.4 Å². The normalized spacial score (nSPS) is 21.6. The number of hydrogen-bond acceptors (Lipinski definition) is 3. The fraction of sp³-hybridized carbons (Fsp3) is 0.636. The number of anilines is 1. The van der Waals surface area contributed by atoms with E-state index >= 15 is 0 Å². The number of piperidine rings is 1. The molecule has 3 rings (SSSR count). The van der Waals surface area contributed by atoms with Gasteiger partial charge in [0.15, 0.2) is 0 Å². The van der Waals surface area contributed by atoms with Gasteiger partial charge in [-0.25, -0.2) is 0 Å². The molecule has 0 radical (unpaired) electrons. The van der Waals surface area contributed by atoms with Crippen LogP contribution in [0.5, 0.6) is 0 Å². The van der Waals surface area contributed by atoms with Crippen molar-refractivity contribution in [2.75, 3.05) is 18.4 Å². The van der Waals surface area contributed by atoms with Crippen LogP contribution in [-0.2, 0) is 16.1 Å². The largest absolute Gasteiger partial charge is 0.352 e. The summed E-state index contributed by atoms with van der Waals surface area (Å²) >= 11 is 0. The van der Waals surface area contributed by atoms with Crippen LogP contribution in [0.2, 0.25) is 0 Å². The first-order valence-electron chi connectivity index (χ1n) is 10.5. The Morgan fingerprint density at radius 1 is 1.19 bits per heavy atom. The van der Waals surface area contributed by atoms with E-state index in [4.69, 9.17) is 0 Å². The molecule has 1 saturated heterocycles. The maximum Gasteiger partial charge on any atom is 0.227 e. The van der Waals surface area contributed by atoms with E-state index in [0.717, 1.165) is 50.0 Å². The van der Waals surface area contributed by atoms with Crippen molar-refractivity contribution in [2.24, 2.45) is 17.8 Å². The van der Waals surface area contributed by atoms with Gasteiger partial charge < -0.3 is 16.0 Å². The van der Waals surface area contributed by atoms with E-state index in [-0.39, 0.29) is 17.7 Å². The first-order valence-corrected chi connectivity index (χ1v) is 10.5. The molecule has 3 N–H and O–H groups in total. The zero-order valence-electron chi connectivity index (χ0n) is 16.4. The summed E-state index contributed by atoms with van der Waals surface area (Å²) in [6, 6.07) is 7.79. The van der Waals surface area contributed by atoms with Crippen LogP contribution in [0.4, 0.5) is 5.69 Å². The average molecular weight is 372 g/mol. The van der Waals surface area contributed by atoms with Gasteiger partial charge in [-0.05, 0) is 68.3 Å².